The number of sulfonamides is 1. The summed E-state index contributed by atoms with van der Waals surface area (Å²) in [7, 11) is -6.81. The van der Waals surface area contributed by atoms with Crippen LogP contribution in [0.15, 0.2) is 29.2 Å². The molecular formula is C14H19FN2O4S2. The molecule has 0 amide bonds. The predicted molar refractivity (Wildman–Crippen MR) is 83.8 cm³/mol. The van der Waals surface area contributed by atoms with Crippen LogP contribution < -0.4 is 0 Å². The van der Waals surface area contributed by atoms with E-state index in [2.05, 4.69) is 0 Å². The second-order valence-electron chi connectivity index (χ2n) is 5.93. The maximum absolute atomic E-state index is 13.8. The molecule has 2 aliphatic heterocycles. The van der Waals surface area contributed by atoms with E-state index >= 15 is 0 Å². The minimum atomic E-state index is -3.85. The summed E-state index contributed by atoms with van der Waals surface area (Å²) in [6.45, 7) is 1.42. The van der Waals surface area contributed by atoms with Crippen molar-refractivity contribution < 1.29 is 21.2 Å². The van der Waals surface area contributed by atoms with Gasteiger partial charge >= 0.3 is 0 Å². The first-order valence-electron chi connectivity index (χ1n) is 7.49. The molecule has 0 N–H and O–H groups in total. The zero-order valence-corrected chi connectivity index (χ0v) is 14.2. The van der Waals surface area contributed by atoms with E-state index in [0.717, 1.165) is 6.07 Å². The number of hydrogen-bond acceptors (Lipinski definition) is 5. The minimum Gasteiger partial charge on any atom is -0.297 e. The van der Waals surface area contributed by atoms with E-state index < -0.39 is 25.7 Å². The highest BCUT2D eigenvalue weighted by Crippen LogP contribution is 2.23. The Kier molecular flexibility index (Phi) is 4.47. The summed E-state index contributed by atoms with van der Waals surface area (Å²) in [6.07, 6.45) is 0.600. The van der Waals surface area contributed by atoms with Gasteiger partial charge in [0.05, 0.1) is 11.5 Å². The highest BCUT2D eigenvalue weighted by Gasteiger charge is 2.36. The Bertz CT molecular complexity index is 787. The lowest BCUT2D eigenvalue weighted by atomic mass is 10.2. The van der Waals surface area contributed by atoms with E-state index in [-0.39, 0.29) is 35.5 Å². The van der Waals surface area contributed by atoms with Crippen molar-refractivity contribution >= 4 is 19.9 Å². The number of nitrogens with zero attached hydrogens (tertiary/aromatic N) is 2. The highest BCUT2D eigenvalue weighted by atomic mass is 32.2. The van der Waals surface area contributed by atoms with Gasteiger partial charge in [-0.3, -0.25) is 4.90 Å². The Labute approximate surface area is 135 Å². The second kappa shape index (κ2) is 6.12. The van der Waals surface area contributed by atoms with Gasteiger partial charge in [0.2, 0.25) is 10.0 Å². The molecule has 0 aromatic heterocycles. The van der Waals surface area contributed by atoms with E-state index in [0.29, 0.717) is 19.5 Å². The number of hydrogen-bond donors (Lipinski definition) is 0. The van der Waals surface area contributed by atoms with Crippen molar-refractivity contribution in [2.24, 2.45) is 0 Å². The van der Waals surface area contributed by atoms with Gasteiger partial charge in [-0.2, -0.15) is 4.31 Å². The largest absolute Gasteiger partial charge is 0.297 e. The number of benzene rings is 1. The summed E-state index contributed by atoms with van der Waals surface area (Å²) in [5.74, 6) is -0.407. The summed E-state index contributed by atoms with van der Waals surface area (Å²) in [5.41, 5.74) is 0. The number of sulfone groups is 1. The van der Waals surface area contributed by atoms with Crippen molar-refractivity contribution in [1.82, 2.24) is 9.21 Å². The van der Waals surface area contributed by atoms with Crippen LogP contribution in [0, 0.1) is 5.82 Å². The van der Waals surface area contributed by atoms with Gasteiger partial charge in [-0.25, -0.2) is 21.2 Å². The van der Waals surface area contributed by atoms with Crippen molar-refractivity contribution in [2.75, 3.05) is 37.7 Å². The molecule has 2 fully saturated rings. The van der Waals surface area contributed by atoms with E-state index in [4.69, 9.17) is 0 Å². The third-order valence-electron chi connectivity index (χ3n) is 4.45. The number of piperazine rings is 1. The first-order chi connectivity index (χ1) is 10.8. The maximum Gasteiger partial charge on any atom is 0.246 e. The zero-order chi connectivity index (χ0) is 16.7. The van der Waals surface area contributed by atoms with Gasteiger partial charge in [0.1, 0.15) is 10.7 Å². The molecule has 0 aliphatic carbocycles. The predicted octanol–water partition coefficient (Wildman–Crippen LogP) is 0.319. The van der Waals surface area contributed by atoms with E-state index in [1.54, 1.807) is 0 Å². The van der Waals surface area contributed by atoms with E-state index in [1.165, 1.54) is 22.5 Å². The molecule has 0 radical (unpaired) electrons. The average molecular weight is 362 g/mol. The van der Waals surface area contributed by atoms with Crippen molar-refractivity contribution in [2.45, 2.75) is 17.4 Å². The van der Waals surface area contributed by atoms with Crippen LogP contribution in [-0.2, 0) is 19.9 Å². The van der Waals surface area contributed by atoms with Gasteiger partial charge in [-0.05, 0) is 18.6 Å². The van der Waals surface area contributed by atoms with Gasteiger partial charge in [0, 0.05) is 32.2 Å². The lowest BCUT2D eigenvalue weighted by Crippen LogP contribution is -2.52. The smallest absolute Gasteiger partial charge is 0.246 e. The molecule has 2 saturated heterocycles. The molecule has 9 heteroatoms. The Morgan fingerprint density at radius 3 is 2.30 bits per heavy atom. The molecule has 1 atom stereocenters. The fourth-order valence-corrected chi connectivity index (χ4v) is 6.41. The highest BCUT2D eigenvalue weighted by molar-refractivity contribution is 7.91. The molecular weight excluding hydrogens is 343 g/mol. The molecule has 128 valence electrons. The minimum absolute atomic E-state index is 0.0293. The van der Waals surface area contributed by atoms with Crippen molar-refractivity contribution in [3.05, 3.63) is 30.1 Å². The van der Waals surface area contributed by atoms with E-state index in [9.17, 15) is 21.2 Å². The first kappa shape index (κ1) is 16.8. The van der Waals surface area contributed by atoms with Crippen LogP contribution in [0.3, 0.4) is 0 Å². The normalized spacial score (nSPS) is 26.4. The molecule has 0 unspecified atom stereocenters. The lowest BCUT2D eigenvalue weighted by molar-refractivity contribution is 0.148. The van der Waals surface area contributed by atoms with Crippen LogP contribution in [0.4, 0.5) is 4.39 Å². The summed E-state index contributed by atoms with van der Waals surface area (Å²) < 4.78 is 63.2. The molecule has 2 heterocycles. The molecule has 0 spiro atoms. The van der Waals surface area contributed by atoms with Crippen LogP contribution in [0.1, 0.15) is 6.42 Å². The van der Waals surface area contributed by atoms with Crippen molar-refractivity contribution in [3.8, 4) is 0 Å². The monoisotopic (exact) mass is 362 g/mol. The molecule has 6 nitrogen and oxygen atoms in total. The van der Waals surface area contributed by atoms with Crippen LogP contribution in [-0.4, -0.2) is 69.8 Å². The Morgan fingerprint density at radius 1 is 1.09 bits per heavy atom. The average Bonchev–Trinajstić information content (AvgIpc) is 2.88. The van der Waals surface area contributed by atoms with Crippen LogP contribution >= 0.6 is 0 Å². The first-order valence-corrected chi connectivity index (χ1v) is 10.7. The quantitative estimate of drug-likeness (QED) is 0.774. The standard InChI is InChI=1S/C14H19FN2O4S2/c15-13-3-1-2-4-14(13)23(20,21)17-8-6-16(7-9-17)12-5-10-22(18,19)11-12/h1-4,12H,5-11H2/t12-/m0/s1. The fourth-order valence-electron chi connectivity index (χ4n) is 3.17. The molecule has 3 rings (SSSR count). The summed E-state index contributed by atoms with van der Waals surface area (Å²) in [6, 6.07) is 5.31. The fraction of sp³-hybridized carbons (Fsp3) is 0.571. The topological polar surface area (TPSA) is 74.8 Å². The number of halogens is 1. The van der Waals surface area contributed by atoms with Gasteiger partial charge in [-0.15, -0.1) is 0 Å². The van der Waals surface area contributed by atoms with Gasteiger partial charge < -0.3 is 0 Å². The van der Waals surface area contributed by atoms with Crippen LogP contribution in [0.5, 0.6) is 0 Å². The molecule has 1 aromatic carbocycles. The van der Waals surface area contributed by atoms with Crippen LogP contribution in [0.25, 0.3) is 0 Å². The Balaban J connectivity index is 1.68. The third kappa shape index (κ3) is 3.42. The summed E-state index contributed by atoms with van der Waals surface area (Å²) in [5, 5.41) is 0. The molecule has 1 aromatic rings. The van der Waals surface area contributed by atoms with Crippen LogP contribution in [0.2, 0.25) is 0 Å². The van der Waals surface area contributed by atoms with Crippen molar-refractivity contribution in [1.29, 1.82) is 0 Å². The van der Waals surface area contributed by atoms with Gasteiger partial charge in [0.15, 0.2) is 9.84 Å². The van der Waals surface area contributed by atoms with Gasteiger partial charge in [-0.1, -0.05) is 12.1 Å². The zero-order valence-electron chi connectivity index (χ0n) is 12.6. The number of rotatable bonds is 3. The third-order valence-corrected chi connectivity index (χ3v) is 8.13. The van der Waals surface area contributed by atoms with Gasteiger partial charge in [0.25, 0.3) is 0 Å². The summed E-state index contributed by atoms with van der Waals surface area (Å²) >= 11 is 0. The second-order valence-corrected chi connectivity index (χ2v) is 10.1. The maximum atomic E-state index is 13.8. The molecule has 0 bridgehead atoms. The summed E-state index contributed by atoms with van der Waals surface area (Å²) in [4.78, 5) is 1.72. The Morgan fingerprint density at radius 2 is 1.74 bits per heavy atom. The molecule has 23 heavy (non-hydrogen) atoms. The van der Waals surface area contributed by atoms with Crippen molar-refractivity contribution in [3.63, 3.8) is 0 Å². The Hall–Kier alpha value is -1.03. The van der Waals surface area contributed by atoms with E-state index in [1.807, 2.05) is 4.90 Å². The molecule has 0 saturated carbocycles. The lowest BCUT2D eigenvalue weighted by Gasteiger charge is -2.36. The molecule has 2 aliphatic rings. The SMILES string of the molecule is O=S1(=O)CC[C@H](N2CCN(S(=O)(=O)c3ccccc3F)CC2)C1.